The summed E-state index contributed by atoms with van der Waals surface area (Å²) < 4.78 is 30.5. The first-order chi connectivity index (χ1) is 29.9. The van der Waals surface area contributed by atoms with Crippen molar-refractivity contribution < 1.29 is 58.3 Å². The van der Waals surface area contributed by atoms with E-state index in [2.05, 4.69) is 46.9 Å². The third-order valence-electron chi connectivity index (χ3n) is 21.4. The Hall–Kier alpha value is -1.39. The third kappa shape index (κ3) is 9.13. The fraction of sp³-hybridized carbons (Fsp3) is 0.960. The molecule has 0 unspecified atom stereocenters. The number of rotatable bonds is 11. The summed E-state index contributed by atoms with van der Waals surface area (Å²) in [5.41, 5.74) is -0.397. The highest BCUT2D eigenvalue weighted by atomic mass is 32.2. The molecule has 13 nitrogen and oxygen atoms in total. The lowest BCUT2D eigenvalue weighted by Crippen LogP contribution is -2.62. The summed E-state index contributed by atoms with van der Waals surface area (Å²) in [5.74, 6) is 1.70. The van der Waals surface area contributed by atoms with E-state index in [1.165, 1.54) is 0 Å². The molecule has 8 saturated carbocycles. The van der Waals surface area contributed by atoms with Gasteiger partial charge in [-0.3, -0.25) is 14.1 Å². The molecular weight excluding hydrogens is 839 g/mol. The minimum atomic E-state index is -4.10. The number of carbonyl (C=O) groups is 2. The second-order valence-electron chi connectivity index (χ2n) is 24.1. The monoisotopic (exact) mass is 924 g/mol. The smallest absolute Gasteiger partial charge is 0.303 e. The van der Waals surface area contributed by atoms with Gasteiger partial charge in [0.25, 0.3) is 10.1 Å². The van der Waals surface area contributed by atoms with Crippen molar-refractivity contribution in [3.8, 4) is 0 Å². The van der Waals surface area contributed by atoms with Gasteiger partial charge in [0.2, 0.25) is 5.91 Å². The number of nitrogens with one attached hydrogen (secondary N) is 1. The van der Waals surface area contributed by atoms with Crippen LogP contribution in [0.1, 0.15) is 157 Å². The molecule has 64 heavy (non-hydrogen) atoms. The molecule has 1 amide bonds. The first-order valence-electron chi connectivity index (χ1n) is 25.4. The van der Waals surface area contributed by atoms with Crippen LogP contribution in [0.25, 0.3) is 0 Å². The Labute approximate surface area is 383 Å². The Balaban J connectivity index is 0.000000195. The lowest BCUT2D eigenvalue weighted by atomic mass is 9.43. The third-order valence-corrected chi connectivity index (χ3v) is 22.1. The fourth-order valence-electron chi connectivity index (χ4n) is 17.8. The van der Waals surface area contributed by atoms with Crippen LogP contribution in [0.5, 0.6) is 0 Å². The van der Waals surface area contributed by atoms with E-state index < -0.39 is 40.2 Å². The second kappa shape index (κ2) is 18.8. The predicted molar refractivity (Wildman–Crippen MR) is 242 cm³/mol. The lowest BCUT2D eigenvalue weighted by Gasteiger charge is -2.63. The number of carboxylic acid groups (broad SMARTS) is 1. The van der Waals surface area contributed by atoms with Gasteiger partial charge in [0.1, 0.15) is 0 Å². The molecule has 0 aromatic heterocycles. The minimum absolute atomic E-state index is 0.0509. The van der Waals surface area contributed by atoms with Crippen molar-refractivity contribution in [2.45, 2.75) is 194 Å². The molecule has 0 aromatic rings. The first kappa shape index (κ1) is 50.5. The van der Waals surface area contributed by atoms with Crippen LogP contribution < -0.4 is 5.32 Å². The van der Waals surface area contributed by atoms with Crippen LogP contribution in [0.2, 0.25) is 0 Å². The molecule has 9 N–H and O–H groups in total. The van der Waals surface area contributed by atoms with Crippen LogP contribution in [0.15, 0.2) is 0 Å². The van der Waals surface area contributed by atoms with Crippen LogP contribution in [0.4, 0.5) is 0 Å². The number of aliphatic hydroxyl groups is 6. The standard InChI is InChI=1S/C26H45NO7S.C24H40O5/c1-15(4-7-23(31)27-10-11-35(32,33)34)18-5-6-19-24-20(14-22(30)26(18,19)3)25(2)9-8-17(28)12-16(25)13-21(24)29;1-13(4-7-21(28)29)16-5-6-17-22-18(12-20(27)24(16,17)3)23(2)9-8-15(25)10-14(23)11-19(22)26/h15-22,24,28-30H,4-14H2,1-3H3,(H,27,31)(H,32,33,34);13-20,22,25-27H,4-12H2,1-3H3,(H,28,29)/t15-,16+,17-,18-,19+,20+,21-,22+,24+,25+,26-;13-,14+,15-,16-,17+,18+,19-,20+,22+,23+,24-/m11/s1. The summed E-state index contributed by atoms with van der Waals surface area (Å²) in [4.78, 5) is 23.3. The number of aliphatic hydroxyl groups excluding tert-OH is 6. The molecule has 8 aliphatic carbocycles. The van der Waals surface area contributed by atoms with Gasteiger partial charge in [-0.2, -0.15) is 8.42 Å². The molecule has 14 heteroatoms. The zero-order valence-electron chi connectivity index (χ0n) is 39.7. The molecule has 0 spiro atoms. The van der Waals surface area contributed by atoms with Gasteiger partial charge in [0.15, 0.2) is 0 Å². The van der Waals surface area contributed by atoms with Crippen LogP contribution in [0, 0.1) is 92.7 Å². The zero-order chi connectivity index (χ0) is 46.9. The molecule has 8 fully saturated rings. The fourth-order valence-corrected chi connectivity index (χ4v) is 18.1. The van der Waals surface area contributed by atoms with E-state index in [-0.39, 0.29) is 107 Å². The SMILES string of the molecule is C[C@H](CCC(=O)NCCS(=O)(=O)O)[C@H]1CC[C@H]2[C@@H]3[C@H](O)C[C@@H]4C[C@H](O)CC[C@]4(C)[C@H]3C[C@H](O)[C@]12C.C[C@H](CCC(=O)O)[C@H]1CC[C@H]2[C@@H]3[C@H](O)C[C@@H]4C[C@H](O)CC[C@]4(C)[C@H]3C[C@H](O)[C@]12C. The maximum absolute atomic E-state index is 12.2. The molecular formula is C50H85NO12S. The number of hydrogen-bond donors (Lipinski definition) is 9. The normalized spacial score (nSPS) is 49.3. The molecule has 0 saturated heterocycles. The van der Waals surface area contributed by atoms with Crippen LogP contribution >= 0.6 is 0 Å². The van der Waals surface area contributed by atoms with Crippen LogP contribution in [-0.4, -0.2) is 110 Å². The van der Waals surface area contributed by atoms with E-state index in [1.54, 1.807) is 0 Å². The van der Waals surface area contributed by atoms with E-state index in [4.69, 9.17) is 9.66 Å². The van der Waals surface area contributed by atoms with Gasteiger partial charge >= 0.3 is 5.97 Å². The van der Waals surface area contributed by atoms with E-state index in [9.17, 15) is 48.6 Å². The summed E-state index contributed by atoms with van der Waals surface area (Å²) >= 11 is 0. The van der Waals surface area contributed by atoms with Gasteiger partial charge < -0.3 is 41.1 Å². The van der Waals surface area contributed by atoms with E-state index in [0.717, 1.165) is 83.5 Å². The molecule has 368 valence electrons. The highest BCUT2D eigenvalue weighted by Crippen LogP contribution is 2.70. The largest absolute Gasteiger partial charge is 0.481 e. The van der Waals surface area contributed by atoms with Crippen molar-refractivity contribution in [1.29, 1.82) is 0 Å². The molecule has 8 rings (SSSR count). The summed E-state index contributed by atoms with van der Waals surface area (Å²) in [7, 11) is -4.10. The molecule has 8 aliphatic rings. The predicted octanol–water partition coefficient (Wildman–Crippen LogP) is 5.82. The quantitative estimate of drug-likeness (QED) is 0.112. The summed E-state index contributed by atoms with van der Waals surface area (Å²) in [6.07, 6.45) is 11.7. The lowest BCUT2D eigenvalue weighted by molar-refractivity contribution is -0.207. The van der Waals surface area contributed by atoms with Gasteiger partial charge in [-0.15, -0.1) is 0 Å². The number of carboxylic acids is 1. The van der Waals surface area contributed by atoms with Crippen molar-refractivity contribution in [1.82, 2.24) is 5.32 Å². The van der Waals surface area contributed by atoms with Crippen molar-refractivity contribution >= 4 is 22.0 Å². The Kier molecular flexibility index (Phi) is 14.9. The number of fused-ring (bicyclic) bond motifs is 10. The van der Waals surface area contributed by atoms with E-state index in [1.807, 2.05) is 0 Å². The second-order valence-corrected chi connectivity index (χ2v) is 25.7. The van der Waals surface area contributed by atoms with Gasteiger partial charge in [0, 0.05) is 19.4 Å². The van der Waals surface area contributed by atoms with Gasteiger partial charge in [-0.25, -0.2) is 0 Å². The number of aliphatic carboxylic acids is 1. The average Bonchev–Trinajstić information content (AvgIpc) is 3.76. The molecule has 0 aromatic carbocycles. The van der Waals surface area contributed by atoms with Crippen LogP contribution in [0.3, 0.4) is 0 Å². The summed E-state index contributed by atoms with van der Waals surface area (Å²) in [6.45, 7) is 13.3. The van der Waals surface area contributed by atoms with Crippen molar-refractivity contribution in [2.24, 2.45) is 92.7 Å². The Morgan fingerprint density at radius 3 is 1.44 bits per heavy atom. The average molecular weight is 924 g/mol. The van der Waals surface area contributed by atoms with Gasteiger partial charge in [0.05, 0.1) is 42.4 Å². The Bertz CT molecular complexity index is 1780. The minimum Gasteiger partial charge on any atom is -0.481 e. The van der Waals surface area contributed by atoms with Gasteiger partial charge in [-0.05, 0) is 195 Å². The maximum atomic E-state index is 12.2. The molecule has 0 heterocycles. The highest BCUT2D eigenvalue weighted by molar-refractivity contribution is 7.85. The zero-order valence-corrected chi connectivity index (χ0v) is 40.5. The number of hydrogen-bond acceptors (Lipinski definition) is 10. The molecule has 0 bridgehead atoms. The Morgan fingerprint density at radius 2 is 1.03 bits per heavy atom. The van der Waals surface area contributed by atoms with E-state index >= 15 is 0 Å². The van der Waals surface area contributed by atoms with Crippen molar-refractivity contribution in [3.05, 3.63) is 0 Å². The molecule has 0 radical (unpaired) electrons. The van der Waals surface area contributed by atoms with Crippen LogP contribution in [-0.2, 0) is 19.7 Å². The molecule has 0 aliphatic heterocycles. The summed E-state index contributed by atoms with van der Waals surface area (Å²) in [5, 5.41) is 77.8. The van der Waals surface area contributed by atoms with Gasteiger partial charge in [-0.1, -0.05) is 41.5 Å². The molecule has 22 atom stereocenters. The Morgan fingerprint density at radius 1 is 0.609 bits per heavy atom. The number of amides is 1. The van der Waals surface area contributed by atoms with E-state index in [0.29, 0.717) is 48.9 Å². The van der Waals surface area contributed by atoms with Crippen molar-refractivity contribution in [3.63, 3.8) is 0 Å². The maximum Gasteiger partial charge on any atom is 0.303 e. The highest BCUT2D eigenvalue weighted by Gasteiger charge is 2.67. The first-order valence-corrected chi connectivity index (χ1v) is 27.0. The summed E-state index contributed by atoms with van der Waals surface area (Å²) in [6, 6.07) is 0. The topological polar surface area (TPSA) is 242 Å². The number of carbonyl (C=O) groups excluding carboxylic acids is 1. The van der Waals surface area contributed by atoms with Crippen molar-refractivity contribution in [2.75, 3.05) is 12.3 Å².